The second kappa shape index (κ2) is 9.28. The number of rotatable bonds is 6. The number of nitrogens with one attached hydrogen (secondary N) is 1. The Morgan fingerprint density at radius 2 is 2.00 bits per heavy atom. The summed E-state index contributed by atoms with van der Waals surface area (Å²) in [5, 5.41) is 3.28. The number of aryl methyl sites for hydroxylation is 1. The molecule has 1 amide bonds. The highest BCUT2D eigenvalue weighted by molar-refractivity contribution is 7.99. The fourth-order valence-electron chi connectivity index (χ4n) is 2.97. The van der Waals surface area contributed by atoms with Crippen LogP contribution in [0.2, 0.25) is 5.02 Å². The van der Waals surface area contributed by atoms with E-state index in [-0.39, 0.29) is 18.9 Å². The molecule has 0 radical (unpaired) electrons. The van der Waals surface area contributed by atoms with Crippen LogP contribution in [0.4, 0.5) is 5.69 Å². The van der Waals surface area contributed by atoms with Crippen LogP contribution in [-0.4, -0.2) is 45.5 Å². The van der Waals surface area contributed by atoms with Crippen LogP contribution in [-0.2, 0) is 14.8 Å². The minimum Gasteiger partial charge on any atom is -0.478 e. The monoisotopic (exact) mass is 454 g/mol. The number of amides is 1. The molecule has 1 atom stereocenters. The Hall–Kier alpha value is -1.90. The molecule has 9 heteroatoms. The van der Waals surface area contributed by atoms with Crippen molar-refractivity contribution in [1.29, 1.82) is 0 Å². The summed E-state index contributed by atoms with van der Waals surface area (Å²) in [6.45, 7) is 2.67. The first-order valence-corrected chi connectivity index (χ1v) is 12.4. The summed E-state index contributed by atoms with van der Waals surface area (Å²) < 4.78 is 31.4. The summed E-state index contributed by atoms with van der Waals surface area (Å²) >= 11 is 7.69. The Balaban J connectivity index is 1.61. The lowest BCUT2D eigenvalue weighted by Crippen LogP contribution is -2.40. The van der Waals surface area contributed by atoms with Crippen molar-refractivity contribution >= 4 is 45.0 Å². The molecule has 3 rings (SSSR count). The third-order valence-corrected chi connectivity index (χ3v) is 6.87. The molecule has 1 heterocycles. The van der Waals surface area contributed by atoms with Crippen molar-refractivity contribution in [3.63, 3.8) is 0 Å². The third-order valence-electron chi connectivity index (χ3n) is 4.44. The van der Waals surface area contributed by atoms with Gasteiger partial charge in [0, 0.05) is 35.2 Å². The smallest absolute Gasteiger partial charge is 0.261 e. The van der Waals surface area contributed by atoms with Gasteiger partial charge in [-0.25, -0.2) is 8.42 Å². The number of fused-ring (bicyclic) bond motifs is 1. The third kappa shape index (κ3) is 5.81. The van der Waals surface area contributed by atoms with Crippen molar-refractivity contribution in [3.05, 3.63) is 53.1 Å². The van der Waals surface area contributed by atoms with Gasteiger partial charge < -0.3 is 10.1 Å². The molecule has 0 saturated heterocycles. The number of hydrogen-bond donors (Lipinski definition) is 1. The van der Waals surface area contributed by atoms with Crippen LogP contribution in [0.1, 0.15) is 12.0 Å². The molecule has 0 aliphatic carbocycles. The van der Waals surface area contributed by atoms with Gasteiger partial charge in [0.2, 0.25) is 10.0 Å². The minimum atomic E-state index is -3.52. The number of ether oxygens (including phenoxy) is 1. The number of carbonyl (C=O) groups excluding carboxylic acids is 1. The summed E-state index contributed by atoms with van der Waals surface area (Å²) in [6.07, 6.45) is 0.600. The lowest BCUT2D eigenvalue weighted by Gasteiger charge is -2.21. The van der Waals surface area contributed by atoms with Gasteiger partial charge in [-0.05, 0) is 37.3 Å². The molecule has 29 heavy (non-hydrogen) atoms. The number of anilines is 1. The summed E-state index contributed by atoms with van der Waals surface area (Å²) in [7, 11) is -3.52. The first-order chi connectivity index (χ1) is 13.7. The van der Waals surface area contributed by atoms with Gasteiger partial charge in [-0.1, -0.05) is 29.3 Å². The second-order valence-electron chi connectivity index (χ2n) is 6.79. The van der Waals surface area contributed by atoms with Crippen molar-refractivity contribution in [2.75, 3.05) is 29.4 Å². The predicted octanol–water partition coefficient (Wildman–Crippen LogP) is 3.47. The molecule has 1 N–H and O–H groups in total. The molecule has 2 aromatic carbocycles. The van der Waals surface area contributed by atoms with E-state index in [1.807, 2.05) is 6.92 Å². The van der Waals surface area contributed by atoms with E-state index in [4.69, 9.17) is 16.3 Å². The lowest BCUT2D eigenvalue weighted by atomic mass is 10.2. The van der Waals surface area contributed by atoms with E-state index in [1.54, 1.807) is 23.9 Å². The van der Waals surface area contributed by atoms with Gasteiger partial charge in [0.25, 0.3) is 5.91 Å². The average molecular weight is 455 g/mol. The number of thioether (sulfide) groups is 1. The van der Waals surface area contributed by atoms with Gasteiger partial charge in [0.15, 0.2) is 6.10 Å². The lowest BCUT2D eigenvalue weighted by molar-refractivity contribution is -0.127. The second-order valence-corrected chi connectivity index (χ2v) is 10.3. The largest absolute Gasteiger partial charge is 0.478 e. The van der Waals surface area contributed by atoms with E-state index in [0.29, 0.717) is 23.0 Å². The molecule has 0 bridgehead atoms. The van der Waals surface area contributed by atoms with Crippen molar-refractivity contribution in [1.82, 2.24) is 5.32 Å². The summed E-state index contributed by atoms with van der Waals surface area (Å²) in [5.74, 6) is 0.792. The van der Waals surface area contributed by atoms with E-state index in [9.17, 15) is 13.2 Å². The van der Waals surface area contributed by atoms with Gasteiger partial charge in [-0.2, -0.15) is 0 Å². The molecule has 1 aliphatic rings. The molecular weight excluding hydrogens is 432 g/mol. The molecule has 0 saturated carbocycles. The van der Waals surface area contributed by atoms with E-state index in [2.05, 4.69) is 29.6 Å². The van der Waals surface area contributed by atoms with Crippen molar-refractivity contribution < 1.29 is 17.9 Å². The minimum absolute atomic E-state index is 0.141. The van der Waals surface area contributed by atoms with E-state index < -0.39 is 16.1 Å². The number of sulfonamides is 1. The first kappa shape index (κ1) is 21.8. The summed E-state index contributed by atoms with van der Waals surface area (Å²) in [5.41, 5.74) is 1.56. The number of benzene rings is 2. The maximum absolute atomic E-state index is 12.6. The van der Waals surface area contributed by atoms with Gasteiger partial charge >= 0.3 is 0 Å². The molecule has 2 aromatic rings. The molecular formula is C20H23ClN2O4S2. The van der Waals surface area contributed by atoms with Gasteiger partial charge in [-0.3, -0.25) is 9.10 Å². The number of carbonyl (C=O) groups is 1. The number of hydrogen-bond acceptors (Lipinski definition) is 5. The zero-order chi connectivity index (χ0) is 21.0. The quantitative estimate of drug-likeness (QED) is 0.534. The number of nitrogens with zero attached hydrogens (tertiary/aromatic N) is 1. The molecule has 6 nitrogen and oxygen atoms in total. The summed E-state index contributed by atoms with van der Waals surface area (Å²) in [4.78, 5) is 13.7. The normalized spacial score (nSPS) is 16.5. The molecule has 0 aromatic heterocycles. The molecule has 0 unspecified atom stereocenters. The van der Waals surface area contributed by atoms with Crippen LogP contribution in [0.5, 0.6) is 5.75 Å². The SMILES string of the molecule is Cc1ccc(SCCNC(=O)[C@H]2CCN(S(C)(=O)=O)c3cc(Cl)ccc3O2)cc1. The molecule has 156 valence electrons. The van der Waals surface area contributed by atoms with Crippen LogP contribution < -0.4 is 14.4 Å². The van der Waals surface area contributed by atoms with Gasteiger partial charge in [0.05, 0.1) is 11.9 Å². The average Bonchev–Trinajstić information content (AvgIpc) is 2.85. The highest BCUT2D eigenvalue weighted by Crippen LogP contribution is 2.36. The van der Waals surface area contributed by atoms with E-state index in [1.165, 1.54) is 15.9 Å². The molecule has 0 fully saturated rings. The fourth-order valence-corrected chi connectivity index (χ4v) is 4.84. The Morgan fingerprint density at radius 1 is 1.28 bits per heavy atom. The standard InChI is InChI=1S/C20H23ClN2O4S2/c1-14-3-6-16(7-4-14)28-12-10-22-20(24)19-9-11-23(29(2,25)26)17-13-15(21)5-8-18(17)27-19/h3-8,13,19H,9-12H2,1-2H3,(H,22,24)/t19-/m1/s1. The maximum atomic E-state index is 12.6. The highest BCUT2D eigenvalue weighted by Gasteiger charge is 2.31. The van der Waals surface area contributed by atoms with Crippen molar-refractivity contribution in [2.45, 2.75) is 24.3 Å². The Labute approximate surface area is 180 Å². The van der Waals surface area contributed by atoms with Gasteiger partial charge in [-0.15, -0.1) is 11.8 Å². The first-order valence-electron chi connectivity index (χ1n) is 9.15. The van der Waals surface area contributed by atoms with Crippen LogP contribution >= 0.6 is 23.4 Å². The van der Waals surface area contributed by atoms with E-state index >= 15 is 0 Å². The molecule has 1 aliphatic heterocycles. The summed E-state index contributed by atoms with van der Waals surface area (Å²) in [6, 6.07) is 13.0. The Morgan fingerprint density at radius 3 is 2.69 bits per heavy atom. The van der Waals surface area contributed by atoms with Crippen LogP contribution in [0.3, 0.4) is 0 Å². The number of halogens is 1. The van der Waals surface area contributed by atoms with E-state index in [0.717, 1.165) is 16.9 Å². The van der Waals surface area contributed by atoms with Crippen molar-refractivity contribution in [3.8, 4) is 5.75 Å². The van der Waals surface area contributed by atoms with Crippen LogP contribution in [0, 0.1) is 6.92 Å². The Kier molecular flexibility index (Phi) is 6.97. The van der Waals surface area contributed by atoms with Crippen molar-refractivity contribution in [2.24, 2.45) is 0 Å². The zero-order valence-corrected chi connectivity index (χ0v) is 18.6. The maximum Gasteiger partial charge on any atom is 0.261 e. The van der Waals surface area contributed by atoms with Crippen LogP contribution in [0.15, 0.2) is 47.4 Å². The van der Waals surface area contributed by atoms with Gasteiger partial charge in [0.1, 0.15) is 5.75 Å². The molecule has 0 spiro atoms. The Bertz CT molecular complexity index is 980. The fraction of sp³-hybridized carbons (Fsp3) is 0.350. The zero-order valence-electron chi connectivity index (χ0n) is 16.2. The van der Waals surface area contributed by atoms with Crippen LogP contribution in [0.25, 0.3) is 0 Å². The topological polar surface area (TPSA) is 75.7 Å². The highest BCUT2D eigenvalue weighted by atomic mass is 35.5. The predicted molar refractivity (Wildman–Crippen MR) is 118 cm³/mol.